The fourth-order valence-electron chi connectivity index (χ4n) is 4.10. The number of thiophene rings is 1. The van der Waals surface area contributed by atoms with Gasteiger partial charge in [-0.05, 0) is 32.3 Å². The Kier molecular flexibility index (Phi) is 5.37. The van der Waals surface area contributed by atoms with Crippen molar-refractivity contribution in [1.29, 1.82) is 0 Å². The lowest BCUT2D eigenvalue weighted by Crippen LogP contribution is -2.53. The summed E-state index contributed by atoms with van der Waals surface area (Å²) in [7, 11) is -0.656. The Balaban J connectivity index is 1.47. The van der Waals surface area contributed by atoms with Crippen molar-refractivity contribution in [2.75, 3.05) is 36.5 Å². The van der Waals surface area contributed by atoms with Crippen molar-refractivity contribution in [2.45, 2.75) is 38.1 Å². The summed E-state index contributed by atoms with van der Waals surface area (Å²) in [6.07, 6.45) is 2.39. The zero-order valence-corrected chi connectivity index (χ0v) is 19.2. The van der Waals surface area contributed by atoms with Gasteiger partial charge in [0.25, 0.3) is 0 Å². The first kappa shape index (κ1) is 20.1. The van der Waals surface area contributed by atoms with E-state index < -0.39 is 10.8 Å². The maximum Gasteiger partial charge on any atom is 0.139 e. The lowest BCUT2D eigenvalue weighted by molar-refractivity contribution is 0.145. The highest BCUT2D eigenvalue weighted by Gasteiger charge is 2.31. The number of fused-ring (bicyclic) bond motifs is 1. The van der Waals surface area contributed by atoms with Crippen molar-refractivity contribution in [3.05, 3.63) is 41.5 Å². The Morgan fingerprint density at radius 2 is 1.90 bits per heavy atom. The Hall–Kier alpha value is -1.83. The molecule has 0 amide bonds. The van der Waals surface area contributed by atoms with E-state index in [2.05, 4.69) is 53.7 Å². The second kappa shape index (κ2) is 8.02. The molecule has 0 bridgehead atoms. The summed E-state index contributed by atoms with van der Waals surface area (Å²) in [5.74, 6) is 4.00. The molecule has 1 aliphatic carbocycles. The van der Waals surface area contributed by atoms with Crippen LogP contribution < -0.4 is 5.32 Å². The van der Waals surface area contributed by atoms with Crippen LogP contribution in [0.4, 0.5) is 5.82 Å². The van der Waals surface area contributed by atoms with Gasteiger partial charge in [-0.3, -0.25) is 9.11 Å². The summed E-state index contributed by atoms with van der Waals surface area (Å²) in [4.78, 5) is 13.4. The van der Waals surface area contributed by atoms with E-state index in [1.165, 1.54) is 24.0 Å². The number of nitrogens with one attached hydrogen (secondary N) is 1. The third-order valence-corrected chi connectivity index (χ3v) is 8.35. The van der Waals surface area contributed by atoms with Gasteiger partial charge in [-0.25, -0.2) is 9.97 Å². The lowest BCUT2D eigenvalue weighted by atomic mass is 10.0. The van der Waals surface area contributed by atoms with Crippen LogP contribution in [-0.2, 0) is 10.8 Å². The van der Waals surface area contributed by atoms with Crippen molar-refractivity contribution in [1.82, 2.24) is 14.9 Å². The standard InChI is InChI=1S/C23H28N4OS2/c1-23(2,27-10-12-30(28)13-11-27)15-24-21-19-18(16-6-4-3-5-7-16)14-29-22(19)26-20(25-21)17-8-9-17/h3-7,14,17H,8-13,15H2,1-2H3,(H,24,25,26). The molecule has 1 aromatic carbocycles. The van der Waals surface area contributed by atoms with E-state index >= 15 is 0 Å². The lowest BCUT2D eigenvalue weighted by Gasteiger charge is -2.40. The van der Waals surface area contributed by atoms with Crippen molar-refractivity contribution in [2.24, 2.45) is 0 Å². The fraction of sp³-hybridized carbons (Fsp3) is 0.478. The second-order valence-electron chi connectivity index (χ2n) is 8.90. The first-order chi connectivity index (χ1) is 14.5. The van der Waals surface area contributed by atoms with Gasteiger partial charge in [-0.1, -0.05) is 30.3 Å². The largest absolute Gasteiger partial charge is 0.368 e. The van der Waals surface area contributed by atoms with Gasteiger partial charge < -0.3 is 5.32 Å². The molecule has 0 radical (unpaired) electrons. The normalized spacial score (nSPS) is 18.7. The molecule has 2 aliphatic rings. The van der Waals surface area contributed by atoms with Crippen LogP contribution in [0.2, 0.25) is 0 Å². The van der Waals surface area contributed by atoms with Gasteiger partial charge in [0.1, 0.15) is 16.5 Å². The Bertz CT molecular complexity index is 1070. The minimum Gasteiger partial charge on any atom is -0.368 e. The molecule has 0 atom stereocenters. The third-order valence-electron chi connectivity index (χ3n) is 6.20. The summed E-state index contributed by atoms with van der Waals surface area (Å²) in [6, 6.07) is 10.5. The number of nitrogens with zero attached hydrogens (tertiary/aromatic N) is 3. The molecule has 1 N–H and O–H groups in total. The molecule has 1 saturated carbocycles. The number of hydrogen-bond donors (Lipinski definition) is 1. The van der Waals surface area contributed by atoms with Gasteiger partial charge in [0, 0.05) is 64.3 Å². The molecule has 3 aromatic rings. The zero-order chi connectivity index (χ0) is 20.7. The first-order valence-corrected chi connectivity index (χ1v) is 13.1. The molecule has 0 spiro atoms. The predicted octanol–water partition coefficient (Wildman–Crippen LogP) is 4.49. The van der Waals surface area contributed by atoms with E-state index in [1.54, 1.807) is 11.3 Å². The van der Waals surface area contributed by atoms with Crippen molar-refractivity contribution in [3.63, 3.8) is 0 Å². The quantitative estimate of drug-likeness (QED) is 0.612. The van der Waals surface area contributed by atoms with Crippen molar-refractivity contribution in [3.8, 4) is 11.1 Å². The van der Waals surface area contributed by atoms with E-state index in [1.807, 2.05) is 6.07 Å². The SMILES string of the molecule is CC(C)(CNc1nc(C2CC2)nc2scc(-c3ccccc3)c12)N1CCS(=O)CC1. The number of anilines is 1. The van der Waals surface area contributed by atoms with Crippen LogP contribution in [0.5, 0.6) is 0 Å². The Morgan fingerprint density at radius 3 is 2.60 bits per heavy atom. The average molecular weight is 441 g/mol. The molecule has 0 unspecified atom stereocenters. The van der Waals surface area contributed by atoms with Gasteiger partial charge in [0.15, 0.2) is 0 Å². The molecular formula is C23H28N4OS2. The van der Waals surface area contributed by atoms with Gasteiger partial charge >= 0.3 is 0 Å². The van der Waals surface area contributed by atoms with Gasteiger partial charge in [0.2, 0.25) is 0 Å². The van der Waals surface area contributed by atoms with Crippen LogP contribution in [0.25, 0.3) is 21.3 Å². The smallest absolute Gasteiger partial charge is 0.139 e. The molecule has 3 heterocycles. The molecule has 158 valence electrons. The summed E-state index contributed by atoms with van der Waals surface area (Å²) in [6.45, 7) is 7.10. The fourth-order valence-corrected chi connectivity index (χ4v) is 6.10. The molecule has 1 aliphatic heterocycles. The van der Waals surface area contributed by atoms with Crippen LogP contribution in [0, 0.1) is 0 Å². The maximum absolute atomic E-state index is 11.8. The van der Waals surface area contributed by atoms with E-state index in [4.69, 9.17) is 9.97 Å². The maximum atomic E-state index is 11.8. The topological polar surface area (TPSA) is 58.1 Å². The van der Waals surface area contributed by atoms with E-state index in [0.29, 0.717) is 5.92 Å². The highest BCUT2D eigenvalue weighted by Crippen LogP contribution is 2.42. The zero-order valence-electron chi connectivity index (χ0n) is 17.6. The van der Waals surface area contributed by atoms with E-state index in [0.717, 1.165) is 53.0 Å². The molecule has 2 aromatic heterocycles. The molecular weight excluding hydrogens is 412 g/mol. The third kappa shape index (κ3) is 4.03. The highest BCUT2D eigenvalue weighted by atomic mass is 32.2. The number of rotatable bonds is 6. The van der Waals surface area contributed by atoms with Crippen molar-refractivity contribution < 1.29 is 4.21 Å². The molecule has 2 fully saturated rings. The molecule has 30 heavy (non-hydrogen) atoms. The molecule has 1 saturated heterocycles. The van der Waals surface area contributed by atoms with Crippen LogP contribution in [-0.4, -0.2) is 55.8 Å². The van der Waals surface area contributed by atoms with Crippen molar-refractivity contribution >= 4 is 38.2 Å². The summed E-state index contributed by atoms with van der Waals surface area (Å²) in [5.41, 5.74) is 2.36. The average Bonchev–Trinajstić information content (AvgIpc) is 3.52. The van der Waals surface area contributed by atoms with E-state index in [-0.39, 0.29) is 5.54 Å². The monoisotopic (exact) mass is 440 g/mol. The summed E-state index contributed by atoms with van der Waals surface area (Å²) < 4.78 is 11.8. The summed E-state index contributed by atoms with van der Waals surface area (Å²) in [5, 5.41) is 7.03. The minimum absolute atomic E-state index is 0.0371. The number of hydrogen-bond acceptors (Lipinski definition) is 6. The number of benzene rings is 1. The van der Waals surface area contributed by atoms with Gasteiger partial charge in [-0.15, -0.1) is 11.3 Å². The van der Waals surface area contributed by atoms with Crippen LogP contribution in [0.15, 0.2) is 35.7 Å². The minimum atomic E-state index is -0.656. The van der Waals surface area contributed by atoms with Crippen LogP contribution in [0.3, 0.4) is 0 Å². The number of aromatic nitrogens is 2. The van der Waals surface area contributed by atoms with Gasteiger partial charge in [-0.2, -0.15) is 0 Å². The van der Waals surface area contributed by atoms with Crippen LogP contribution >= 0.6 is 11.3 Å². The van der Waals surface area contributed by atoms with Gasteiger partial charge in [0.05, 0.1) is 5.39 Å². The van der Waals surface area contributed by atoms with E-state index in [9.17, 15) is 4.21 Å². The first-order valence-electron chi connectivity index (χ1n) is 10.7. The molecule has 5 nitrogen and oxygen atoms in total. The Morgan fingerprint density at radius 1 is 1.17 bits per heavy atom. The molecule has 5 rings (SSSR count). The predicted molar refractivity (Wildman–Crippen MR) is 127 cm³/mol. The Labute approximate surface area is 184 Å². The molecule has 7 heteroatoms. The summed E-state index contributed by atoms with van der Waals surface area (Å²) >= 11 is 1.71. The van der Waals surface area contributed by atoms with Crippen LogP contribution in [0.1, 0.15) is 38.4 Å². The second-order valence-corrected chi connectivity index (χ2v) is 11.5. The highest BCUT2D eigenvalue weighted by molar-refractivity contribution is 7.85.